The normalized spacial score (nSPS) is 19.4. The van der Waals surface area contributed by atoms with Gasteiger partial charge in [0.2, 0.25) is 0 Å². The average molecular weight is 343 g/mol. The molecule has 1 N–H and O–H groups in total. The molecule has 0 aromatic carbocycles. The molecule has 96 valence electrons. The van der Waals surface area contributed by atoms with Crippen LogP contribution >= 0.6 is 0 Å². The van der Waals surface area contributed by atoms with Gasteiger partial charge in [0.25, 0.3) is 0 Å². The van der Waals surface area contributed by atoms with E-state index in [9.17, 15) is 4.79 Å². The Balaban J connectivity index is 0.000000272. The fraction of sp³-hybridized carbons (Fsp3) is 0.727. The molecule has 0 atom stereocenters. The first-order valence-corrected chi connectivity index (χ1v) is 7.51. The van der Waals surface area contributed by atoms with Crippen LogP contribution in [0.1, 0.15) is 27.2 Å². The molecule has 5 heteroatoms. The molecule has 0 radical (unpaired) electrons. The van der Waals surface area contributed by atoms with Gasteiger partial charge in [-0.1, -0.05) is 13.8 Å². The van der Waals surface area contributed by atoms with Crippen molar-refractivity contribution in [2.75, 3.05) is 19.8 Å². The van der Waals surface area contributed by atoms with Crippen molar-refractivity contribution in [3.05, 3.63) is 12.3 Å². The van der Waals surface area contributed by atoms with Crippen LogP contribution in [0.3, 0.4) is 0 Å². The first-order valence-electron chi connectivity index (χ1n) is 5.36. The van der Waals surface area contributed by atoms with Crippen molar-refractivity contribution in [1.82, 2.24) is 0 Å². The number of hydrogen-bond acceptors (Lipinski definition) is 3. The quantitative estimate of drug-likeness (QED) is 0.417. The number of halogens is 1. The number of rotatable bonds is 2. The van der Waals surface area contributed by atoms with Gasteiger partial charge in [0, 0.05) is 6.42 Å². The molecule has 2 heterocycles. The second kappa shape index (κ2) is 8.81. The van der Waals surface area contributed by atoms with Gasteiger partial charge in [-0.25, -0.2) is 0 Å². The Morgan fingerprint density at radius 3 is 2.19 bits per heavy atom. The van der Waals surface area contributed by atoms with Crippen LogP contribution < -0.4 is 21.2 Å². The van der Waals surface area contributed by atoms with E-state index < -0.39 is 25.2 Å². The molecule has 2 aliphatic heterocycles. The molecule has 0 spiro atoms. The van der Waals surface area contributed by atoms with Crippen LogP contribution in [0.5, 0.6) is 0 Å². The van der Waals surface area contributed by atoms with E-state index in [1.165, 1.54) is 0 Å². The van der Waals surface area contributed by atoms with Gasteiger partial charge in [-0.3, -0.25) is 0 Å². The molecule has 1 fully saturated rings. The summed E-state index contributed by atoms with van der Waals surface area (Å²) in [5.41, 5.74) is 0. The summed E-state index contributed by atoms with van der Waals surface area (Å²) in [6.07, 6.45) is 4.85. The Kier molecular flexibility index (Phi) is 8.64. The maximum absolute atomic E-state index is 10.2. The predicted molar refractivity (Wildman–Crippen MR) is 58.3 cm³/mol. The molecule has 16 heavy (non-hydrogen) atoms. The molecule has 0 aliphatic carbocycles. The van der Waals surface area contributed by atoms with Crippen LogP contribution in [0, 0.1) is 0 Å². The van der Waals surface area contributed by atoms with Gasteiger partial charge < -0.3 is 4.74 Å². The zero-order valence-corrected chi connectivity index (χ0v) is 12.2. The first kappa shape index (κ1) is 15.7. The van der Waals surface area contributed by atoms with Crippen molar-refractivity contribution >= 4 is 3.98 Å². The van der Waals surface area contributed by atoms with E-state index in [4.69, 9.17) is 14.6 Å². The average Bonchev–Trinajstić information content (AvgIpc) is 2.75. The predicted octanol–water partition coefficient (Wildman–Crippen LogP) is -0.511. The first-order chi connectivity index (χ1) is 7.62. The third kappa shape index (κ3) is 7.05. The summed E-state index contributed by atoms with van der Waals surface area (Å²) in [4.78, 5) is 10.2. The van der Waals surface area contributed by atoms with Gasteiger partial charge in [0.05, 0.1) is 12.9 Å². The van der Waals surface area contributed by atoms with Crippen LogP contribution in [-0.4, -0.2) is 32.3 Å². The van der Waals surface area contributed by atoms with E-state index in [1.807, 2.05) is 26.8 Å². The van der Waals surface area contributed by atoms with Gasteiger partial charge in [-0.05, 0) is 6.08 Å². The van der Waals surface area contributed by atoms with Crippen molar-refractivity contribution in [3.63, 3.8) is 0 Å². The second-order valence-electron chi connectivity index (χ2n) is 3.28. The summed E-state index contributed by atoms with van der Waals surface area (Å²) < 4.78 is 9.07. The molecule has 2 rings (SSSR count). The molecule has 0 bridgehead atoms. The summed E-state index contributed by atoms with van der Waals surface area (Å²) in [5.74, 6) is 0. The number of hydrogen-bond donors (Lipinski definition) is 1. The van der Waals surface area contributed by atoms with Crippen LogP contribution in [0.2, 0.25) is 0 Å². The van der Waals surface area contributed by atoms with E-state index in [0.29, 0.717) is 13.2 Å². The minimum atomic E-state index is -0.703. The summed E-state index contributed by atoms with van der Waals surface area (Å²) in [6, 6.07) is 0. The van der Waals surface area contributed by atoms with Gasteiger partial charge >= 0.3 is 63.4 Å². The number of ether oxygens (including phenoxy) is 2. The molecule has 1 saturated heterocycles. The SMILES string of the molecule is C1=COCC1.CC.CC1([I-]C(=O)O)COC1. The topological polar surface area (TPSA) is 55.8 Å². The molecule has 0 aromatic rings. The fourth-order valence-electron chi connectivity index (χ4n) is 0.973. The van der Waals surface area contributed by atoms with E-state index in [1.54, 1.807) is 6.26 Å². The van der Waals surface area contributed by atoms with E-state index in [0.717, 1.165) is 13.0 Å². The van der Waals surface area contributed by atoms with Crippen molar-refractivity contribution in [1.29, 1.82) is 0 Å². The Bertz CT molecular complexity index is 218. The molecular weight excluding hydrogens is 323 g/mol. The molecule has 4 nitrogen and oxygen atoms in total. The number of alkyl halides is 1. The molecule has 0 amide bonds. The van der Waals surface area contributed by atoms with Crippen LogP contribution in [0.4, 0.5) is 4.79 Å². The summed E-state index contributed by atoms with van der Waals surface area (Å²) >= 11 is -0.703. The standard InChI is InChI=1S/C5H8IO3.C4H6O.C2H6/c1-5(2-9-3-5)6-4(7)8;1-2-4-5-3-1;1-2/h2-3H2,1H3,(H,7,8);1,3H,2,4H2;1-2H3/q-1;;. The van der Waals surface area contributed by atoms with Crippen LogP contribution in [0.15, 0.2) is 12.3 Å². The van der Waals surface area contributed by atoms with Crippen LogP contribution in [0.25, 0.3) is 0 Å². The van der Waals surface area contributed by atoms with Gasteiger partial charge in [0.15, 0.2) is 0 Å². The van der Waals surface area contributed by atoms with E-state index >= 15 is 0 Å². The zero-order valence-electron chi connectivity index (χ0n) is 10.0. The summed E-state index contributed by atoms with van der Waals surface area (Å²) in [5, 5.41) is 8.41. The number of carbonyl (C=O) groups is 1. The third-order valence-corrected chi connectivity index (χ3v) is 4.10. The Hall–Kier alpha value is -0.300. The fourth-order valence-corrected chi connectivity index (χ4v) is 2.84. The Morgan fingerprint density at radius 1 is 1.44 bits per heavy atom. The molecule has 2 aliphatic rings. The molecular formula is C11H20IO4-. The zero-order chi connectivity index (χ0) is 12.4. The molecule has 0 saturated carbocycles. The third-order valence-electron chi connectivity index (χ3n) is 1.71. The summed E-state index contributed by atoms with van der Waals surface area (Å²) in [6.45, 7) is 8.15. The molecule has 0 unspecified atom stereocenters. The number of carboxylic acid groups (broad SMARTS) is 1. The maximum atomic E-state index is 10.2. The van der Waals surface area contributed by atoms with E-state index in [2.05, 4.69) is 0 Å². The van der Waals surface area contributed by atoms with Crippen LogP contribution in [-0.2, 0) is 9.47 Å². The Labute approximate surface area is 107 Å². The van der Waals surface area contributed by atoms with Gasteiger partial charge in [-0.2, -0.15) is 0 Å². The summed E-state index contributed by atoms with van der Waals surface area (Å²) in [7, 11) is 0. The van der Waals surface area contributed by atoms with E-state index in [-0.39, 0.29) is 3.42 Å². The minimum absolute atomic E-state index is 0.0325. The van der Waals surface area contributed by atoms with Crippen molar-refractivity contribution in [2.45, 2.75) is 30.6 Å². The van der Waals surface area contributed by atoms with Gasteiger partial charge in [-0.15, -0.1) is 0 Å². The van der Waals surface area contributed by atoms with Gasteiger partial charge in [0.1, 0.15) is 0 Å². The Morgan fingerprint density at radius 2 is 2.06 bits per heavy atom. The van der Waals surface area contributed by atoms with Crippen molar-refractivity contribution < 1.29 is 40.6 Å². The van der Waals surface area contributed by atoms with Crippen molar-refractivity contribution in [2.24, 2.45) is 0 Å². The monoisotopic (exact) mass is 343 g/mol. The second-order valence-corrected chi connectivity index (χ2v) is 7.35. The molecule has 0 aromatic heterocycles. The van der Waals surface area contributed by atoms with Crippen molar-refractivity contribution in [3.8, 4) is 0 Å².